The molecule has 2 aliphatic rings. The highest BCUT2D eigenvalue weighted by atomic mass is 16.2. The molecule has 0 spiro atoms. The Bertz CT molecular complexity index is 1180. The minimum atomic E-state index is 0.156. The van der Waals surface area contributed by atoms with E-state index in [9.17, 15) is 4.79 Å². The summed E-state index contributed by atoms with van der Waals surface area (Å²) in [6.07, 6.45) is 6.50. The number of likely N-dealkylation sites (tertiary alicyclic amines) is 1. The number of hydrogen-bond acceptors (Lipinski definition) is 4. The monoisotopic (exact) mass is 502 g/mol. The van der Waals surface area contributed by atoms with Gasteiger partial charge in [0.25, 0.3) is 0 Å². The van der Waals surface area contributed by atoms with Crippen LogP contribution in [0.4, 0.5) is 10.5 Å². The molecule has 7 heteroatoms. The maximum absolute atomic E-state index is 12.8. The van der Waals surface area contributed by atoms with Crippen molar-refractivity contribution in [3.8, 4) is 11.1 Å². The van der Waals surface area contributed by atoms with Crippen LogP contribution in [0.1, 0.15) is 52.0 Å². The van der Waals surface area contributed by atoms with Gasteiger partial charge in [-0.3, -0.25) is 0 Å². The number of aromatic nitrogens is 2. The van der Waals surface area contributed by atoms with Gasteiger partial charge in [-0.25, -0.2) is 9.31 Å². The maximum Gasteiger partial charge on any atom is 0.320 e. The third kappa shape index (κ3) is 5.33. The van der Waals surface area contributed by atoms with E-state index in [0.29, 0.717) is 12.0 Å². The molecule has 5 rings (SSSR count). The van der Waals surface area contributed by atoms with Crippen LogP contribution >= 0.6 is 0 Å². The lowest BCUT2D eigenvalue weighted by Gasteiger charge is -2.38. The summed E-state index contributed by atoms with van der Waals surface area (Å²) in [5.74, 6) is 0.665. The number of hydrogen-bond donors (Lipinski definition) is 0. The van der Waals surface area contributed by atoms with Gasteiger partial charge in [0.2, 0.25) is 0 Å². The second-order valence-electron chi connectivity index (χ2n) is 10.7. The predicted octanol–water partition coefficient (Wildman–Crippen LogP) is 5.17. The first-order chi connectivity index (χ1) is 18.0. The summed E-state index contributed by atoms with van der Waals surface area (Å²) in [4.78, 5) is 21.6. The molecule has 2 saturated heterocycles. The van der Waals surface area contributed by atoms with Crippen molar-refractivity contribution < 1.29 is 4.79 Å². The van der Waals surface area contributed by atoms with Gasteiger partial charge in [-0.1, -0.05) is 24.3 Å². The molecule has 2 fully saturated rings. The van der Waals surface area contributed by atoms with Gasteiger partial charge in [-0.2, -0.15) is 5.10 Å². The van der Waals surface area contributed by atoms with E-state index in [1.807, 2.05) is 34.4 Å². The van der Waals surface area contributed by atoms with Crippen LogP contribution in [0.3, 0.4) is 0 Å². The number of benzene rings is 1. The number of amides is 2. The van der Waals surface area contributed by atoms with E-state index < -0.39 is 0 Å². The Balaban J connectivity index is 1.28. The van der Waals surface area contributed by atoms with E-state index >= 15 is 0 Å². The van der Waals surface area contributed by atoms with Crippen molar-refractivity contribution in [3.63, 3.8) is 0 Å². The molecule has 0 atom stereocenters. The predicted molar refractivity (Wildman–Crippen MR) is 151 cm³/mol. The molecule has 0 N–H and O–H groups in total. The van der Waals surface area contributed by atoms with Gasteiger partial charge in [0, 0.05) is 63.3 Å². The molecule has 37 heavy (non-hydrogen) atoms. The lowest BCUT2D eigenvalue weighted by molar-refractivity contribution is 0.154. The van der Waals surface area contributed by atoms with Gasteiger partial charge in [0.1, 0.15) is 0 Å². The summed E-state index contributed by atoms with van der Waals surface area (Å²) in [6, 6.07) is 14.4. The molecule has 7 nitrogen and oxygen atoms in total. The fourth-order valence-corrected chi connectivity index (χ4v) is 5.95. The average molecular weight is 503 g/mol. The number of anilines is 1. The average Bonchev–Trinajstić information content (AvgIpc) is 3.38. The molecular formula is C30H42N6O. The molecule has 0 saturated carbocycles. The first kappa shape index (κ1) is 25.6. The Morgan fingerprint density at radius 2 is 1.62 bits per heavy atom. The molecular weight excluding hydrogens is 460 g/mol. The van der Waals surface area contributed by atoms with Crippen molar-refractivity contribution in [2.75, 3.05) is 57.3 Å². The Morgan fingerprint density at radius 1 is 0.946 bits per heavy atom. The SMILES string of the molecule is CCN(CC)C(=O)N1CCN(c2ccnn3cc(-c4ccc(C5CCN(C(C)C)CC5)cc4)cc23)CC1. The molecule has 2 aromatic heterocycles. The number of piperazine rings is 1. The summed E-state index contributed by atoms with van der Waals surface area (Å²) < 4.78 is 1.99. The van der Waals surface area contributed by atoms with Crippen LogP contribution in [0, 0.1) is 0 Å². The fraction of sp³-hybridized carbons (Fsp3) is 0.533. The Hall–Kier alpha value is -3.06. The van der Waals surface area contributed by atoms with Crippen LogP contribution in [0.5, 0.6) is 0 Å². The van der Waals surface area contributed by atoms with Crippen LogP contribution < -0.4 is 4.90 Å². The van der Waals surface area contributed by atoms with E-state index in [1.54, 1.807) is 0 Å². The lowest BCUT2D eigenvalue weighted by Crippen LogP contribution is -2.53. The van der Waals surface area contributed by atoms with Crippen molar-refractivity contribution in [2.45, 2.75) is 52.5 Å². The molecule has 0 aliphatic carbocycles. The minimum absolute atomic E-state index is 0.156. The summed E-state index contributed by atoms with van der Waals surface area (Å²) in [5, 5.41) is 4.60. The number of urea groups is 1. The highest BCUT2D eigenvalue weighted by molar-refractivity contribution is 5.80. The summed E-state index contributed by atoms with van der Waals surface area (Å²) in [7, 11) is 0. The van der Waals surface area contributed by atoms with Crippen LogP contribution in [0.25, 0.3) is 16.6 Å². The van der Waals surface area contributed by atoms with Crippen LogP contribution in [0.15, 0.2) is 48.8 Å². The largest absolute Gasteiger partial charge is 0.366 e. The highest BCUT2D eigenvalue weighted by Crippen LogP contribution is 2.32. The number of nitrogens with zero attached hydrogens (tertiary/aromatic N) is 6. The normalized spacial score (nSPS) is 17.6. The van der Waals surface area contributed by atoms with Gasteiger partial charge < -0.3 is 19.6 Å². The van der Waals surface area contributed by atoms with E-state index in [4.69, 9.17) is 0 Å². The first-order valence-electron chi connectivity index (χ1n) is 14.1. The summed E-state index contributed by atoms with van der Waals surface area (Å²) >= 11 is 0. The Morgan fingerprint density at radius 3 is 2.24 bits per heavy atom. The molecule has 1 aromatic carbocycles. The van der Waals surface area contributed by atoms with Crippen molar-refractivity contribution in [1.29, 1.82) is 0 Å². The van der Waals surface area contributed by atoms with Gasteiger partial charge in [-0.15, -0.1) is 0 Å². The number of piperidine rings is 1. The number of carbonyl (C=O) groups is 1. The smallest absolute Gasteiger partial charge is 0.320 e. The maximum atomic E-state index is 12.8. The molecule has 4 heterocycles. The van der Waals surface area contributed by atoms with Gasteiger partial charge >= 0.3 is 6.03 Å². The van der Waals surface area contributed by atoms with E-state index in [1.165, 1.54) is 48.3 Å². The van der Waals surface area contributed by atoms with Gasteiger partial charge in [0.05, 0.1) is 11.2 Å². The van der Waals surface area contributed by atoms with Crippen molar-refractivity contribution in [3.05, 3.63) is 54.4 Å². The number of rotatable bonds is 6. The zero-order valence-electron chi connectivity index (χ0n) is 22.9. The molecule has 0 bridgehead atoms. The lowest BCUT2D eigenvalue weighted by atomic mass is 9.88. The van der Waals surface area contributed by atoms with Crippen molar-refractivity contribution in [1.82, 2.24) is 24.3 Å². The summed E-state index contributed by atoms with van der Waals surface area (Å²) in [5.41, 5.74) is 6.19. The molecule has 3 aromatic rings. The summed E-state index contributed by atoms with van der Waals surface area (Å²) in [6.45, 7) is 15.7. The van der Waals surface area contributed by atoms with E-state index in [2.05, 4.69) is 71.3 Å². The van der Waals surface area contributed by atoms with E-state index in [0.717, 1.165) is 44.8 Å². The van der Waals surface area contributed by atoms with Crippen LogP contribution in [0.2, 0.25) is 0 Å². The fourth-order valence-electron chi connectivity index (χ4n) is 5.95. The molecule has 198 valence electrons. The number of carbonyl (C=O) groups excluding carboxylic acids is 1. The van der Waals surface area contributed by atoms with Crippen LogP contribution in [-0.2, 0) is 0 Å². The second-order valence-corrected chi connectivity index (χ2v) is 10.7. The van der Waals surface area contributed by atoms with Gasteiger partial charge in [0.15, 0.2) is 0 Å². The second kappa shape index (κ2) is 11.1. The Kier molecular flexibility index (Phi) is 7.70. The van der Waals surface area contributed by atoms with Crippen molar-refractivity contribution >= 4 is 17.2 Å². The first-order valence-corrected chi connectivity index (χ1v) is 14.1. The molecule has 0 unspecified atom stereocenters. The van der Waals surface area contributed by atoms with Crippen LogP contribution in [-0.4, -0.2) is 88.7 Å². The Labute approximate surface area is 221 Å². The zero-order valence-corrected chi connectivity index (χ0v) is 22.9. The van der Waals surface area contributed by atoms with Crippen molar-refractivity contribution in [2.24, 2.45) is 0 Å². The quantitative estimate of drug-likeness (QED) is 0.466. The molecule has 2 amide bonds. The minimum Gasteiger partial charge on any atom is -0.366 e. The highest BCUT2D eigenvalue weighted by Gasteiger charge is 2.25. The standard InChI is InChI=1S/C30H42N6O/c1-5-32(6-2)30(37)35-19-17-34(18-20-35)28-11-14-31-36-22-27(21-29(28)36)25-9-7-24(8-10-25)26-12-15-33(16-13-26)23(3)4/h7-11,14,21-23,26H,5-6,12-13,15-20H2,1-4H3. The number of fused-ring (bicyclic) bond motifs is 1. The zero-order chi connectivity index (χ0) is 25.9. The third-order valence-corrected chi connectivity index (χ3v) is 8.39. The molecule has 0 radical (unpaired) electrons. The topological polar surface area (TPSA) is 47.3 Å². The van der Waals surface area contributed by atoms with Gasteiger partial charge in [-0.05, 0) is 82.8 Å². The third-order valence-electron chi connectivity index (χ3n) is 8.39. The molecule has 2 aliphatic heterocycles. The van der Waals surface area contributed by atoms with E-state index in [-0.39, 0.29) is 6.03 Å².